The number of rotatable bonds is 12. The van der Waals surface area contributed by atoms with Gasteiger partial charge in [-0.05, 0) is 55.3 Å². The van der Waals surface area contributed by atoms with Gasteiger partial charge in [0, 0.05) is 12.2 Å². The van der Waals surface area contributed by atoms with Crippen LogP contribution in [0.4, 0.5) is 4.39 Å². The standard InChI is InChI=1S/C28H30FN3O7S2/c1-37-23-10-12-26(13-11-23)41(35,36)31(18-24-7-4-14-38-24)17-22-16-30-28(32(22)19-25-8-5-15-39-25)40(33,34)20-21-6-2-3-9-27(21)29/h2-4,6-7,9-14,16,25H,5,8,15,17-20H2,1H3/t25-/m1/s1. The van der Waals surface area contributed by atoms with E-state index < -0.39 is 31.4 Å². The Labute approximate surface area is 238 Å². The van der Waals surface area contributed by atoms with E-state index in [1.807, 2.05) is 0 Å². The summed E-state index contributed by atoms with van der Waals surface area (Å²) in [6, 6.07) is 15.0. The first-order chi connectivity index (χ1) is 19.7. The summed E-state index contributed by atoms with van der Waals surface area (Å²) in [5, 5.41) is -0.272. The van der Waals surface area contributed by atoms with Crippen molar-refractivity contribution in [2.75, 3.05) is 13.7 Å². The number of benzene rings is 2. The topological polar surface area (TPSA) is 121 Å². The molecular weight excluding hydrogens is 573 g/mol. The van der Waals surface area contributed by atoms with Gasteiger partial charge >= 0.3 is 0 Å². The molecule has 3 heterocycles. The van der Waals surface area contributed by atoms with E-state index in [0.29, 0.717) is 30.2 Å². The number of aromatic nitrogens is 2. The lowest BCUT2D eigenvalue weighted by Gasteiger charge is -2.23. The van der Waals surface area contributed by atoms with Gasteiger partial charge in [-0.1, -0.05) is 18.2 Å². The van der Waals surface area contributed by atoms with Crippen LogP contribution in [0.25, 0.3) is 0 Å². The second kappa shape index (κ2) is 12.1. The number of sulfonamides is 1. The van der Waals surface area contributed by atoms with Crippen molar-refractivity contribution in [1.82, 2.24) is 13.9 Å². The van der Waals surface area contributed by atoms with Crippen molar-refractivity contribution in [3.05, 3.63) is 96.0 Å². The molecular formula is C28H30FN3O7S2. The van der Waals surface area contributed by atoms with Gasteiger partial charge in [0.25, 0.3) is 0 Å². The molecule has 2 aromatic heterocycles. The van der Waals surface area contributed by atoms with Crippen LogP contribution < -0.4 is 4.74 Å². The molecule has 0 aliphatic carbocycles. The lowest BCUT2D eigenvalue weighted by atomic mass is 10.2. The molecule has 13 heteroatoms. The molecule has 0 saturated carbocycles. The van der Waals surface area contributed by atoms with Crippen molar-refractivity contribution in [2.24, 2.45) is 0 Å². The Kier molecular flexibility index (Phi) is 8.59. The maximum Gasteiger partial charge on any atom is 0.243 e. The average molecular weight is 604 g/mol. The number of methoxy groups -OCH3 is 1. The summed E-state index contributed by atoms with van der Waals surface area (Å²) in [6.07, 6.45) is 4.06. The van der Waals surface area contributed by atoms with Crippen molar-refractivity contribution < 1.29 is 35.1 Å². The van der Waals surface area contributed by atoms with Crippen LogP contribution in [0.15, 0.2) is 87.6 Å². The maximum atomic E-state index is 14.4. The number of sulfone groups is 1. The quantitative estimate of drug-likeness (QED) is 0.237. The molecule has 1 aliphatic rings. The first-order valence-electron chi connectivity index (χ1n) is 13.0. The molecule has 1 aliphatic heterocycles. The fourth-order valence-electron chi connectivity index (χ4n) is 4.72. The van der Waals surface area contributed by atoms with Crippen LogP contribution in [-0.4, -0.2) is 50.5 Å². The molecule has 41 heavy (non-hydrogen) atoms. The molecule has 5 rings (SSSR count). The highest BCUT2D eigenvalue weighted by atomic mass is 32.2. The number of furan rings is 1. The second-order valence-corrected chi connectivity index (χ2v) is 13.5. The zero-order valence-corrected chi connectivity index (χ0v) is 24.0. The summed E-state index contributed by atoms with van der Waals surface area (Å²) in [6.45, 7) is 0.384. The maximum absolute atomic E-state index is 14.4. The largest absolute Gasteiger partial charge is 0.497 e. The smallest absolute Gasteiger partial charge is 0.243 e. The Morgan fingerprint density at radius 1 is 1.05 bits per heavy atom. The summed E-state index contributed by atoms with van der Waals surface area (Å²) in [4.78, 5) is 4.25. The van der Waals surface area contributed by atoms with E-state index >= 15 is 0 Å². The van der Waals surface area contributed by atoms with Crippen LogP contribution in [0.3, 0.4) is 0 Å². The van der Waals surface area contributed by atoms with Crippen molar-refractivity contribution in [1.29, 1.82) is 0 Å². The summed E-state index contributed by atoms with van der Waals surface area (Å²) in [5.74, 6) is -0.327. The minimum Gasteiger partial charge on any atom is -0.497 e. The molecule has 0 bridgehead atoms. The molecule has 1 fully saturated rings. The Bertz CT molecular complexity index is 1680. The van der Waals surface area contributed by atoms with E-state index in [0.717, 1.165) is 6.42 Å². The highest BCUT2D eigenvalue weighted by Gasteiger charge is 2.31. The van der Waals surface area contributed by atoms with Crippen LogP contribution >= 0.6 is 0 Å². The predicted molar refractivity (Wildman–Crippen MR) is 147 cm³/mol. The minimum absolute atomic E-state index is 0.0160. The van der Waals surface area contributed by atoms with Gasteiger partial charge in [-0.2, -0.15) is 4.31 Å². The molecule has 10 nitrogen and oxygen atoms in total. The number of nitrogens with zero attached hydrogens (tertiary/aromatic N) is 3. The van der Waals surface area contributed by atoms with Crippen molar-refractivity contribution in [3.63, 3.8) is 0 Å². The molecule has 0 radical (unpaired) electrons. The van der Waals surface area contributed by atoms with Gasteiger partial charge < -0.3 is 18.5 Å². The van der Waals surface area contributed by atoms with Crippen molar-refractivity contribution in [2.45, 2.75) is 54.4 Å². The fourth-order valence-corrected chi connectivity index (χ4v) is 7.61. The van der Waals surface area contributed by atoms with Gasteiger partial charge in [-0.25, -0.2) is 26.2 Å². The molecule has 0 N–H and O–H groups in total. The van der Waals surface area contributed by atoms with Crippen molar-refractivity contribution in [3.8, 4) is 5.75 Å². The Hall–Kier alpha value is -3.52. The predicted octanol–water partition coefficient (Wildman–Crippen LogP) is 4.17. The van der Waals surface area contributed by atoms with Crippen molar-refractivity contribution >= 4 is 19.9 Å². The summed E-state index contributed by atoms with van der Waals surface area (Å²) in [5.41, 5.74) is 0.360. The number of imidazole rings is 1. The highest BCUT2D eigenvalue weighted by molar-refractivity contribution is 7.90. The Morgan fingerprint density at radius 3 is 2.49 bits per heavy atom. The lowest BCUT2D eigenvalue weighted by molar-refractivity contribution is 0.0937. The summed E-state index contributed by atoms with van der Waals surface area (Å²) < 4.78 is 88.1. The first-order valence-corrected chi connectivity index (χ1v) is 16.1. The molecule has 0 amide bonds. The van der Waals surface area contributed by atoms with E-state index in [1.165, 1.54) is 58.8 Å². The normalized spacial score (nSPS) is 15.9. The first kappa shape index (κ1) is 29.0. The fraction of sp³-hybridized carbons (Fsp3) is 0.321. The monoisotopic (exact) mass is 603 g/mol. The molecule has 0 spiro atoms. The van der Waals surface area contributed by atoms with Crippen LogP contribution in [0.5, 0.6) is 5.75 Å². The molecule has 4 aromatic rings. The zero-order valence-electron chi connectivity index (χ0n) is 22.3. The third kappa shape index (κ3) is 6.53. The van der Waals surface area contributed by atoms with Gasteiger partial charge in [-0.3, -0.25) is 0 Å². The van der Waals surface area contributed by atoms with Crippen LogP contribution in [-0.2, 0) is 50.0 Å². The lowest BCUT2D eigenvalue weighted by Crippen LogP contribution is -2.32. The molecule has 2 aromatic carbocycles. The number of hydrogen-bond acceptors (Lipinski definition) is 8. The molecule has 218 valence electrons. The van der Waals surface area contributed by atoms with E-state index in [-0.39, 0.29) is 41.4 Å². The minimum atomic E-state index is -4.11. The average Bonchev–Trinajstić information content (AvgIpc) is 3.74. The van der Waals surface area contributed by atoms with Gasteiger partial charge in [0.15, 0.2) is 0 Å². The highest BCUT2D eigenvalue weighted by Crippen LogP contribution is 2.27. The molecule has 1 saturated heterocycles. The second-order valence-electron chi connectivity index (χ2n) is 9.66. The number of ether oxygens (including phenoxy) is 2. The van der Waals surface area contributed by atoms with Crippen LogP contribution in [0.1, 0.15) is 29.9 Å². The van der Waals surface area contributed by atoms with E-state index in [4.69, 9.17) is 13.9 Å². The number of halogens is 1. The summed E-state index contributed by atoms with van der Waals surface area (Å²) in [7, 11) is -6.70. The molecule has 1 atom stereocenters. The van der Waals surface area contributed by atoms with Gasteiger partial charge in [0.05, 0.1) is 61.7 Å². The Morgan fingerprint density at radius 2 is 1.83 bits per heavy atom. The van der Waals surface area contributed by atoms with Gasteiger partial charge in [0.2, 0.25) is 25.0 Å². The number of hydrogen-bond donors (Lipinski definition) is 0. The van der Waals surface area contributed by atoms with Gasteiger partial charge in [0.1, 0.15) is 17.3 Å². The van der Waals surface area contributed by atoms with Crippen LogP contribution in [0.2, 0.25) is 0 Å². The van der Waals surface area contributed by atoms with Crippen LogP contribution in [0, 0.1) is 5.82 Å². The summed E-state index contributed by atoms with van der Waals surface area (Å²) >= 11 is 0. The SMILES string of the molecule is COc1ccc(S(=O)(=O)N(Cc2ccco2)Cc2cnc(S(=O)(=O)Cc3ccccc3F)n2C[C@H]2CCCO2)cc1. The van der Waals surface area contributed by atoms with E-state index in [9.17, 15) is 21.2 Å². The third-order valence-electron chi connectivity index (χ3n) is 6.84. The Balaban J connectivity index is 1.53. The zero-order chi connectivity index (χ0) is 29.0. The third-order valence-corrected chi connectivity index (χ3v) is 10.2. The van der Waals surface area contributed by atoms with E-state index in [2.05, 4.69) is 4.98 Å². The van der Waals surface area contributed by atoms with E-state index in [1.54, 1.807) is 30.3 Å². The molecule has 0 unspecified atom stereocenters. The van der Waals surface area contributed by atoms with Gasteiger partial charge in [-0.15, -0.1) is 0 Å².